The van der Waals surface area contributed by atoms with Crippen LogP contribution >= 0.6 is 0 Å². The molecular weight excluding hydrogens is 524 g/mol. The second-order valence-electron chi connectivity index (χ2n) is 11.4. The highest BCUT2D eigenvalue weighted by Crippen LogP contribution is 2.41. The van der Waals surface area contributed by atoms with E-state index in [1.54, 1.807) is 0 Å². The van der Waals surface area contributed by atoms with Gasteiger partial charge in [-0.15, -0.1) is 0 Å². The molecule has 2 aromatic heterocycles. The van der Waals surface area contributed by atoms with Gasteiger partial charge in [0.05, 0.1) is 5.52 Å². The molecule has 0 saturated heterocycles. The average molecular weight is 553 g/mol. The van der Waals surface area contributed by atoms with Crippen LogP contribution in [0.1, 0.15) is 12.7 Å². The molecule has 0 N–H and O–H groups in total. The molecule has 0 radical (unpaired) electrons. The van der Waals surface area contributed by atoms with E-state index in [9.17, 15) is 0 Å². The summed E-state index contributed by atoms with van der Waals surface area (Å²) < 4.78 is 0. The van der Waals surface area contributed by atoms with Gasteiger partial charge in [-0.2, -0.15) is 0 Å². The van der Waals surface area contributed by atoms with Crippen LogP contribution in [0.3, 0.4) is 0 Å². The third-order valence-electron chi connectivity index (χ3n) is 8.54. The smallest absolute Gasteiger partial charge is 0.164 e. The Morgan fingerprint density at radius 2 is 1.33 bits per heavy atom. The van der Waals surface area contributed by atoms with Gasteiger partial charge in [-0.25, -0.2) is 15.0 Å². The largest absolute Gasteiger partial charge is 0.256 e. The van der Waals surface area contributed by atoms with Crippen molar-refractivity contribution in [2.75, 3.05) is 0 Å². The van der Waals surface area contributed by atoms with Crippen LogP contribution in [0.15, 0.2) is 146 Å². The Hall–Kier alpha value is -5.48. The van der Waals surface area contributed by atoms with Gasteiger partial charge >= 0.3 is 0 Å². The summed E-state index contributed by atoms with van der Waals surface area (Å²) in [7, 11) is 0. The summed E-state index contributed by atoms with van der Waals surface area (Å²) in [6, 6.07) is 33.6. The number of pyridine rings is 1. The molecule has 8 rings (SSSR count). The van der Waals surface area contributed by atoms with Crippen molar-refractivity contribution in [1.82, 2.24) is 19.9 Å². The maximum Gasteiger partial charge on any atom is 0.164 e. The van der Waals surface area contributed by atoms with Crippen LogP contribution in [-0.2, 0) is 0 Å². The number of fused-ring (bicyclic) bond motifs is 3. The van der Waals surface area contributed by atoms with E-state index in [1.165, 1.54) is 5.39 Å². The van der Waals surface area contributed by atoms with Gasteiger partial charge in [0.2, 0.25) is 0 Å². The summed E-state index contributed by atoms with van der Waals surface area (Å²) in [4.78, 5) is 19.7. The van der Waals surface area contributed by atoms with E-state index in [0.717, 1.165) is 44.1 Å². The first-order valence-electron chi connectivity index (χ1n) is 14.6. The minimum Gasteiger partial charge on any atom is -0.256 e. The molecule has 0 saturated carbocycles. The summed E-state index contributed by atoms with van der Waals surface area (Å²) in [6.45, 7) is 2.26. The molecule has 2 aliphatic carbocycles. The van der Waals surface area contributed by atoms with Gasteiger partial charge in [-0.1, -0.05) is 134 Å². The van der Waals surface area contributed by atoms with E-state index in [4.69, 9.17) is 15.0 Å². The second-order valence-corrected chi connectivity index (χ2v) is 11.4. The summed E-state index contributed by atoms with van der Waals surface area (Å²) in [5.74, 6) is 2.30. The van der Waals surface area contributed by atoms with Crippen LogP contribution in [0.2, 0.25) is 0 Å². The fraction of sp³-hybridized carbons (Fsp3) is 0.0769. The van der Waals surface area contributed by atoms with Gasteiger partial charge in [-0.05, 0) is 28.5 Å². The van der Waals surface area contributed by atoms with Gasteiger partial charge in [-0.3, -0.25) is 4.98 Å². The average Bonchev–Trinajstić information content (AvgIpc) is 3.07. The van der Waals surface area contributed by atoms with Crippen molar-refractivity contribution in [3.05, 3.63) is 152 Å². The fourth-order valence-electron chi connectivity index (χ4n) is 6.14. The molecule has 0 spiro atoms. The molecule has 4 heteroatoms. The Kier molecular flexibility index (Phi) is 5.93. The van der Waals surface area contributed by atoms with Crippen molar-refractivity contribution < 1.29 is 0 Å². The normalized spacial score (nSPS) is 19.0. The SMILES string of the molecule is CC12C=CC=CC1C=CC(c1nc(-c3ccc(-c4cccc5cccnc45)cc3)nc(-c3ccc4ccccc4c3)n1)=C2. The van der Waals surface area contributed by atoms with Gasteiger partial charge in [0.25, 0.3) is 0 Å². The van der Waals surface area contributed by atoms with Crippen LogP contribution in [0.5, 0.6) is 0 Å². The van der Waals surface area contributed by atoms with Crippen LogP contribution in [0.25, 0.3) is 61.2 Å². The zero-order chi connectivity index (χ0) is 28.8. The van der Waals surface area contributed by atoms with E-state index in [0.29, 0.717) is 23.4 Å². The van der Waals surface area contributed by atoms with Gasteiger partial charge < -0.3 is 0 Å². The highest BCUT2D eigenvalue weighted by atomic mass is 15.0. The van der Waals surface area contributed by atoms with Crippen LogP contribution < -0.4 is 0 Å². The second kappa shape index (κ2) is 10.1. The molecule has 0 bridgehead atoms. The first kappa shape index (κ1) is 25.2. The minimum absolute atomic E-state index is 0.122. The predicted molar refractivity (Wildman–Crippen MR) is 176 cm³/mol. The molecule has 0 fully saturated rings. The first-order chi connectivity index (χ1) is 21.1. The molecule has 4 nitrogen and oxygen atoms in total. The van der Waals surface area contributed by atoms with Crippen LogP contribution in [-0.4, -0.2) is 19.9 Å². The Bertz CT molecular complexity index is 2150. The summed E-state index contributed by atoms with van der Waals surface area (Å²) in [5.41, 5.74) is 5.98. The maximum atomic E-state index is 5.04. The first-order valence-corrected chi connectivity index (χ1v) is 14.6. The monoisotopic (exact) mass is 552 g/mol. The lowest BCUT2D eigenvalue weighted by Gasteiger charge is -2.33. The minimum atomic E-state index is -0.122. The number of hydrogen-bond donors (Lipinski definition) is 0. The lowest BCUT2D eigenvalue weighted by atomic mass is 9.70. The Labute approximate surface area is 250 Å². The van der Waals surface area contributed by atoms with Crippen molar-refractivity contribution in [3.63, 3.8) is 0 Å². The number of allylic oxidation sites excluding steroid dienone is 8. The van der Waals surface area contributed by atoms with Crippen LogP contribution in [0, 0.1) is 11.3 Å². The Balaban J connectivity index is 1.25. The van der Waals surface area contributed by atoms with E-state index < -0.39 is 0 Å². The van der Waals surface area contributed by atoms with Crippen LogP contribution in [0.4, 0.5) is 0 Å². The summed E-state index contributed by atoms with van der Waals surface area (Å²) in [5, 5.41) is 3.47. The number of rotatable bonds is 4. The molecular formula is C39H28N4. The number of nitrogens with zero attached hydrogens (tertiary/aromatic N) is 4. The van der Waals surface area contributed by atoms with Crippen molar-refractivity contribution in [3.8, 4) is 33.9 Å². The maximum absolute atomic E-state index is 5.04. The highest BCUT2D eigenvalue weighted by molar-refractivity contribution is 5.93. The van der Waals surface area contributed by atoms with E-state index in [-0.39, 0.29) is 5.41 Å². The van der Waals surface area contributed by atoms with Crippen molar-refractivity contribution in [2.24, 2.45) is 11.3 Å². The molecule has 0 aliphatic heterocycles. The quantitative estimate of drug-likeness (QED) is 0.219. The third-order valence-corrected chi connectivity index (χ3v) is 8.54. The Morgan fingerprint density at radius 1 is 0.605 bits per heavy atom. The van der Waals surface area contributed by atoms with Gasteiger partial charge in [0.1, 0.15) is 0 Å². The van der Waals surface area contributed by atoms with Crippen molar-refractivity contribution in [2.45, 2.75) is 6.92 Å². The number of hydrogen-bond acceptors (Lipinski definition) is 4. The molecule has 2 aliphatic rings. The predicted octanol–water partition coefficient (Wildman–Crippen LogP) is 9.28. The molecule has 2 heterocycles. The molecule has 204 valence electrons. The van der Waals surface area contributed by atoms with E-state index in [1.807, 2.05) is 12.3 Å². The molecule has 2 unspecified atom stereocenters. The lowest BCUT2D eigenvalue weighted by Crippen LogP contribution is -2.24. The standard InChI is InChI=1S/C39H28N4/c1-39-22-5-4-12-33(39)21-20-32(25-39)38-42-36(41-37(43-38)31-19-14-26-8-2-3-9-30(26)24-31)29-17-15-27(16-18-29)34-13-6-10-28-11-7-23-40-35(28)34/h2-25,33H,1H3. The highest BCUT2D eigenvalue weighted by Gasteiger charge is 2.31. The zero-order valence-corrected chi connectivity index (χ0v) is 23.7. The summed E-state index contributed by atoms with van der Waals surface area (Å²) >= 11 is 0. The van der Waals surface area contributed by atoms with Gasteiger partial charge in [0.15, 0.2) is 17.5 Å². The molecule has 6 aromatic rings. The molecule has 43 heavy (non-hydrogen) atoms. The third kappa shape index (κ3) is 4.58. The Morgan fingerprint density at radius 3 is 2.21 bits per heavy atom. The molecule has 0 amide bonds. The lowest BCUT2D eigenvalue weighted by molar-refractivity contribution is 0.454. The topological polar surface area (TPSA) is 51.6 Å². The summed E-state index contributed by atoms with van der Waals surface area (Å²) in [6.07, 6.45) is 17.3. The van der Waals surface area contributed by atoms with Gasteiger partial charge in [0, 0.05) is 45.2 Å². The number of benzene rings is 4. The number of para-hydroxylation sites is 1. The van der Waals surface area contributed by atoms with Crippen molar-refractivity contribution in [1.29, 1.82) is 0 Å². The molecule has 2 atom stereocenters. The fourth-order valence-corrected chi connectivity index (χ4v) is 6.14. The molecule has 4 aromatic carbocycles. The van der Waals surface area contributed by atoms with Crippen molar-refractivity contribution >= 4 is 27.2 Å². The zero-order valence-electron chi connectivity index (χ0n) is 23.7. The van der Waals surface area contributed by atoms with E-state index >= 15 is 0 Å². The number of aromatic nitrogens is 4. The van der Waals surface area contributed by atoms with E-state index in [2.05, 4.69) is 145 Å².